The monoisotopic (exact) mass is 399 g/mol. The van der Waals surface area contributed by atoms with Crippen LogP contribution in [0.4, 0.5) is 5.82 Å². The van der Waals surface area contributed by atoms with Gasteiger partial charge < -0.3 is 14.8 Å². The highest BCUT2D eigenvalue weighted by atomic mass is 16.4. The van der Waals surface area contributed by atoms with Crippen LogP contribution in [0.2, 0.25) is 0 Å². The van der Waals surface area contributed by atoms with Crippen molar-refractivity contribution in [1.29, 1.82) is 0 Å². The maximum Gasteiger partial charge on any atom is 0.350 e. The molecular formula is C19H23N6O4+. The van der Waals surface area contributed by atoms with Gasteiger partial charge in [0.25, 0.3) is 0 Å². The predicted molar refractivity (Wildman–Crippen MR) is 103 cm³/mol. The SMILES string of the molecule is CCC(N=Nc1cccc[n+]1CCC(=O)O)=NN=c1ccccn1CCC(=O)O. The van der Waals surface area contributed by atoms with E-state index in [1.807, 2.05) is 6.92 Å². The number of carboxylic acid groups (broad SMARTS) is 2. The van der Waals surface area contributed by atoms with E-state index in [-0.39, 0.29) is 25.9 Å². The van der Waals surface area contributed by atoms with Gasteiger partial charge in [-0.3, -0.25) is 9.59 Å². The summed E-state index contributed by atoms with van der Waals surface area (Å²) in [5, 5.41) is 34.3. The van der Waals surface area contributed by atoms with Crippen LogP contribution < -0.4 is 10.1 Å². The van der Waals surface area contributed by atoms with Crippen molar-refractivity contribution in [2.75, 3.05) is 0 Å². The van der Waals surface area contributed by atoms with Crippen LogP contribution in [0.25, 0.3) is 0 Å². The van der Waals surface area contributed by atoms with Crippen LogP contribution in [-0.4, -0.2) is 32.6 Å². The first-order valence-corrected chi connectivity index (χ1v) is 9.09. The molecule has 0 aliphatic rings. The summed E-state index contributed by atoms with van der Waals surface area (Å²) in [6.07, 6.45) is 3.91. The number of hydrogen-bond donors (Lipinski definition) is 2. The van der Waals surface area contributed by atoms with Crippen molar-refractivity contribution in [2.24, 2.45) is 20.4 Å². The van der Waals surface area contributed by atoms with E-state index < -0.39 is 11.9 Å². The maximum absolute atomic E-state index is 10.8. The maximum atomic E-state index is 10.8. The third-order valence-electron chi connectivity index (χ3n) is 3.82. The second-order valence-electron chi connectivity index (χ2n) is 5.96. The topological polar surface area (TPSA) is 133 Å². The summed E-state index contributed by atoms with van der Waals surface area (Å²) >= 11 is 0. The summed E-state index contributed by atoms with van der Waals surface area (Å²) in [6, 6.07) is 10.6. The highest BCUT2D eigenvalue weighted by Gasteiger charge is 2.11. The smallest absolute Gasteiger partial charge is 0.350 e. The summed E-state index contributed by atoms with van der Waals surface area (Å²) < 4.78 is 3.39. The van der Waals surface area contributed by atoms with Gasteiger partial charge >= 0.3 is 17.8 Å². The first-order valence-electron chi connectivity index (χ1n) is 9.09. The fourth-order valence-electron chi connectivity index (χ4n) is 2.31. The average molecular weight is 399 g/mol. The molecule has 0 amide bonds. The summed E-state index contributed by atoms with van der Waals surface area (Å²) in [6.45, 7) is 2.42. The highest BCUT2D eigenvalue weighted by Crippen LogP contribution is 2.06. The van der Waals surface area contributed by atoms with Crippen molar-refractivity contribution in [3.63, 3.8) is 0 Å². The number of aromatic nitrogens is 2. The molecule has 2 N–H and O–H groups in total. The molecule has 0 aliphatic carbocycles. The Morgan fingerprint density at radius 3 is 2.55 bits per heavy atom. The lowest BCUT2D eigenvalue weighted by atomic mass is 10.4. The summed E-state index contributed by atoms with van der Waals surface area (Å²) in [4.78, 5) is 21.6. The fraction of sp³-hybridized carbons (Fsp3) is 0.316. The molecule has 152 valence electrons. The van der Waals surface area contributed by atoms with Gasteiger partial charge in [0.2, 0.25) is 0 Å². The molecule has 10 heteroatoms. The van der Waals surface area contributed by atoms with Crippen molar-refractivity contribution in [2.45, 2.75) is 39.3 Å². The Hall–Kier alpha value is -3.69. The molecule has 0 spiro atoms. The fourth-order valence-corrected chi connectivity index (χ4v) is 2.31. The second-order valence-corrected chi connectivity index (χ2v) is 5.96. The van der Waals surface area contributed by atoms with Crippen LogP contribution in [0.15, 0.2) is 69.2 Å². The molecule has 0 atom stereocenters. The number of aliphatic carboxylic acids is 2. The number of rotatable bonds is 9. The Bertz CT molecular complexity index is 980. The second kappa shape index (κ2) is 11.2. The lowest BCUT2D eigenvalue weighted by molar-refractivity contribution is -0.683. The van der Waals surface area contributed by atoms with E-state index in [2.05, 4.69) is 20.4 Å². The first kappa shape index (κ1) is 21.6. The zero-order chi connectivity index (χ0) is 21.1. The molecule has 0 saturated carbocycles. The number of nitrogens with zero attached hydrogens (tertiary/aromatic N) is 6. The zero-order valence-corrected chi connectivity index (χ0v) is 16.0. The number of amidine groups is 1. The molecule has 29 heavy (non-hydrogen) atoms. The third-order valence-corrected chi connectivity index (χ3v) is 3.82. The molecular weight excluding hydrogens is 376 g/mol. The van der Waals surface area contributed by atoms with E-state index in [1.54, 1.807) is 57.9 Å². The number of pyridine rings is 2. The van der Waals surface area contributed by atoms with Gasteiger partial charge in [-0.1, -0.05) is 19.1 Å². The van der Waals surface area contributed by atoms with E-state index in [0.29, 0.717) is 23.6 Å². The Labute approximate surface area is 167 Å². The van der Waals surface area contributed by atoms with Gasteiger partial charge in [0, 0.05) is 25.2 Å². The van der Waals surface area contributed by atoms with E-state index in [0.717, 1.165) is 0 Å². The van der Waals surface area contributed by atoms with Gasteiger partial charge in [-0.25, -0.2) is 4.57 Å². The Morgan fingerprint density at radius 2 is 1.83 bits per heavy atom. The van der Waals surface area contributed by atoms with E-state index in [4.69, 9.17) is 10.2 Å². The van der Waals surface area contributed by atoms with Crippen molar-refractivity contribution < 1.29 is 24.4 Å². The van der Waals surface area contributed by atoms with Gasteiger partial charge in [-0.05, 0) is 23.3 Å². The Morgan fingerprint density at radius 1 is 1.07 bits per heavy atom. The van der Waals surface area contributed by atoms with E-state index in [1.165, 1.54) is 0 Å². The molecule has 2 heterocycles. The molecule has 0 saturated heterocycles. The van der Waals surface area contributed by atoms with Crippen LogP contribution in [0, 0.1) is 0 Å². The molecule has 10 nitrogen and oxygen atoms in total. The minimum absolute atomic E-state index is 0.0222. The Kier molecular flexibility index (Phi) is 8.36. The number of carbonyl (C=O) groups is 2. The van der Waals surface area contributed by atoms with E-state index >= 15 is 0 Å². The van der Waals surface area contributed by atoms with Crippen LogP contribution >= 0.6 is 0 Å². The normalized spacial score (nSPS) is 12.4. The zero-order valence-electron chi connectivity index (χ0n) is 16.0. The summed E-state index contributed by atoms with van der Waals surface area (Å²) in [7, 11) is 0. The lowest BCUT2D eigenvalue weighted by Gasteiger charge is -2.03. The molecule has 2 aromatic heterocycles. The number of hydrogen-bond acceptors (Lipinski definition) is 5. The Balaban J connectivity index is 2.23. The van der Waals surface area contributed by atoms with Crippen LogP contribution in [0.1, 0.15) is 26.2 Å². The number of aryl methyl sites for hydroxylation is 2. The van der Waals surface area contributed by atoms with Crippen molar-refractivity contribution >= 4 is 23.6 Å². The van der Waals surface area contributed by atoms with Crippen molar-refractivity contribution in [1.82, 2.24) is 4.57 Å². The van der Waals surface area contributed by atoms with Crippen LogP contribution in [-0.2, 0) is 22.7 Å². The van der Waals surface area contributed by atoms with Gasteiger partial charge in [-0.15, -0.1) is 10.2 Å². The highest BCUT2D eigenvalue weighted by molar-refractivity contribution is 5.82. The lowest BCUT2D eigenvalue weighted by Crippen LogP contribution is -2.34. The largest absolute Gasteiger partial charge is 0.481 e. The molecule has 2 aromatic rings. The molecule has 0 bridgehead atoms. The standard InChI is InChI=1S/C19H22N6O4/c1-2-15(20-22-16-7-3-5-11-24(16)13-9-18(26)27)21-23-17-8-4-6-12-25(17)14-10-19(28)29/h3-8,11-12H,2,9-10,13-14H2,1H3,(H-,26,27,28,29)/p+1. The number of azo groups is 1. The summed E-state index contributed by atoms with van der Waals surface area (Å²) in [5.41, 5.74) is 0.506. The van der Waals surface area contributed by atoms with Crippen molar-refractivity contribution in [3.8, 4) is 0 Å². The third kappa shape index (κ3) is 7.45. The quantitative estimate of drug-likeness (QED) is 0.220. The molecule has 0 fully saturated rings. The average Bonchev–Trinajstić information content (AvgIpc) is 2.72. The van der Waals surface area contributed by atoms with Gasteiger partial charge in [0.05, 0.1) is 24.2 Å². The minimum Gasteiger partial charge on any atom is -0.481 e. The molecule has 0 unspecified atom stereocenters. The van der Waals surface area contributed by atoms with Gasteiger partial charge in [0.1, 0.15) is 6.54 Å². The number of carboxylic acids is 2. The molecule has 0 radical (unpaired) electrons. The molecule has 0 aliphatic heterocycles. The first-order chi connectivity index (χ1) is 14.0. The molecule has 2 rings (SSSR count). The van der Waals surface area contributed by atoms with Crippen LogP contribution in [0.3, 0.4) is 0 Å². The predicted octanol–water partition coefficient (Wildman–Crippen LogP) is 2.13. The van der Waals surface area contributed by atoms with Crippen LogP contribution in [0.5, 0.6) is 0 Å². The van der Waals surface area contributed by atoms with Gasteiger partial charge in [0.15, 0.2) is 11.3 Å². The van der Waals surface area contributed by atoms with Crippen molar-refractivity contribution in [3.05, 3.63) is 54.3 Å². The minimum atomic E-state index is -0.891. The summed E-state index contributed by atoms with van der Waals surface area (Å²) in [5.74, 6) is -0.894. The molecule has 0 aromatic carbocycles. The van der Waals surface area contributed by atoms with Gasteiger partial charge in [-0.2, -0.15) is 0 Å². The van der Waals surface area contributed by atoms with E-state index in [9.17, 15) is 9.59 Å².